The molecule has 0 radical (unpaired) electrons. The molecule has 2 unspecified atom stereocenters. The number of nitrogens with one attached hydrogen (secondary N) is 1. The zero-order chi connectivity index (χ0) is 18.4. The van der Waals surface area contributed by atoms with Crippen LogP contribution in [0.15, 0.2) is 30.3 Å². The Balaban J connectivity index is 1.91. The number of carbonyl (C=O) groups excluding carboxylic acids is 1. The number of piperidine rings is 1. The summed E-state index contributed by atoms with van der Waals surface area (Å²) in [6, 6.07) is 8.69. The quantitative estimate of drug-likeness (QED) is 0.794. The lowest BCUT2D eigenvalue weighted by Crippen LogP contribution is -2.56. The molecule has 0 bridgehead atoms. The largest absolute Gasteiger partial charge is 0.480 e. The Bertz CT molecular complexity index is 585. The highest BCUT2D eigenvalue weighted by atomic mass is 16.6. The highest BCUT2D eigenvalue weighted by Crippen LogP contribution is 2.21. The van der Waals surface area contributed by atoms with E-state index in [4.69, 9.17) is 9.57 Å². The summed E-state index contributed by atoms with van der Waals surface area (Å²) in [5.74, 6) is -1.02. The van der Waals surface area contributed by atoms with Gasteiger partial charge in [-0.3, -0.25) is 9.74 Å². The number of nitrogens with zero attached hydrogens (tertiary/aromatic N) is 1. The molecule has 1 aromatic rings. The maximum atomic E-state index is 12.3. The van der Waals surface area contributed by atoms with Crippen molar-refractivity contribution in [3.63, 3.8) is 0 Å². The van der Waals surface area contributed by atoms with Crippen LogP contribution in [0.3, 0.4) is 0 Å². The van der Waals surface area contributed by atoms with Crippen molar-refractivity contribution in [3.8, 4) is 0 Å². The van der Waals surface area contributed by atoms with E-state index in [-0.39, 0.29) is 12.6 Å². The Morgan fingerprint density at radius 3 is 2.52 bits per heavy atom. The van der Waals surface area contributed by atoms with Gasteiger partial charge in [-0.15, -0.1) is 0 Å². The van der Waals surface area contributed by atoms with E-state index in [1.165, 1.54) is 4.90 Å². The molecular weight excluding hydrogens is 324 g/mol. The minimum atomic E-state index is -1.02. The van der Waals surface area contributed by atoms with E-state index < -0.39 is 23.7 Å². The zero-order valence-corrected chi connectivity index (χ0v) is 14.9. The van der Waals surface area contributed by atoms with Crippen LogP contribution in [0.4, 0.5) is 4.79 Å². The third kappa shape index (κ3) is 6.03. The van der Waals surface area contributed by atoms with Crippen LogP contribution < -0.4 is 5.48 Å². The first-order valence-corrected chi connectivity index (χ1v) is 8.40. The summed E-state index contributed by atoms with van der Waals surface area (Å²) in [7, 11) is 0. The summed E-state index contributed by atoms with van der Waals surface area (Å²) in [6.45, 7) is 5.88. The Labute approximate surface area is 147 Å². The van der Waals surface area contributed by atoms with Crippen LogP contribution >= 0.6 is 0 Å². The molecule has 0 aromatic heterocycles. The minimum Gasteiger partial charge on any atom is -0.480 e. The van der Waals surface area contributed by atoms with E-state index >= 15 is 0 Å². The molecule has 2 atom stereocenters. The number of hydroxylamine groups is 1. The number of rotatable bonds is 5. The standard InChI is InChI=1S/C18H26N2O5/c1-18(2,3)25-17(23)20-11-14(9-10-15(20)16(21)22)19-24-12-13-7-5-4-6-8-13/h4-8,14-15,19H,9-12H2,1-3H3,(H,21,22). The molecule has 0 saturated carbocycles. The Hall–Kier alpha value is -2.12. The van der Waals surface area contributed by atoms with Gasteiger partial charge in [0, 0.05) is 6.54 Å². The first-order valence-electron chi connectivity index (χ1n) is 8.40. The lowest BCUT2D eigenvalue weighted by atomic mass is 9.99. The summed E-state index contributed by atoms with van der Waals surface area (Å²) in [5, 5.41) is 9.37. The topological polar surface area (TPSA) is 88.1 Å². The van der Waals surface area contributed by atoms with Gasteiger partial charge in [0.15, 0.2) is 0 Å². The molecule has 1 saturated heterocycles. The fourth-order valence-corrected chi connectivity index (χ4v) is 2.66. The lowest BCUT2D eigenvalue weighted by Gasteiger charge is -2.38. The minimum absolute atomic E-state index is 0.146. The first-order chi connectivity index (χ1) is 11.8. The number of carbonyl (C=O) groups is 2. The van der Waals surface area contributed by atoms with Gasteiger partial charge in [0.1, 0.15) is 11.6 Å². The average molecular weight is 350 g/mol. The van der Waals surface area contributed by atoms with E-state index in [1.807, 2.05) is 30.3 Å². The molecule has 1 aromatic carbocycles. The van der Waals surface area contributed by atoms with Gasteiger partial charge in [0.2, 0.25) is 0 Å². The van der Waals surface area contributed by atoms with Crippen LogP contribution in [0.1, 0.15) is 39.2 Å². The normalized spacial score (nSPS) is 21.0. The van der Waals surface area contributed by atoms with Gasteiger partial charge in [-0.05, 0) is 39.2 Å². The molecule has 7 nitrogen and oxygen atoms in total. The van der Waals surface area contributed by atoms with Crippen LogP contribution in [0.5, 0.6) is 0 Å². The number of hydrogen-bond donors (Lipinski definition) is 2. The van der Waals surface area contributed by atoms with E-state index in [9.17, 15) is 14.7 Å². The average Bonchev–Trinajstić information content (AvgIpc) is 2.54. The van der Waals surface area contributed by atoms with Crippen molar-refractivity contribution < 1.29 is 24.3 Å². The summed E-state index contributed by atoms with van der Waals surface area (Å²) in [6.07, 6.45) is 0.334. The fourth-order valence-electron chi connectivity index (χ4n) is 2.66. The van der Waals surface area contributed by atoms with Gasteiger partial charge in [0.25, 0.3) is 0 Å². The molecule has 1 aliphatic heterocycles. The highest BCUT2D eigenvalue weighted by Gasteiger charge is 2.38. The number of aliphatic carboxylic acids is 1. The van der Waals surface area contributed by atoms with E-state index in [0.717, 1.165) is 5.56 Å². The van der Waals surface area contributed by atoms with Crippen molar-refractivity contribution in [1.29, 1.82) is 0 Å². The number of likely N-dealkylation sites (tertiary alicyclic amines) is 1. The predicted molar refractivity (Wildman–Crippen MR) is 91.8 cm³/mol. The van der Waals surface area contributed by atoms with Crippen LogP contribution in [0, 0.1) is 0 Å². The number of hydrogen-bond acceptors (Lipinski definition) is 5. The SMILES string of the molecule is CC(C)(C)OC(=O)N1CC(NOCc2ccccc2)CCC1C(=O)O. The molecule has 25 heavy (non-hydrogen) atoms. The smallest absolute Gasteiger partial charge is 0.411 e. The van der Waals surface area contributed by atoms with Crippen molar-refractivity contribution in [2.24, 2.45) is 0 Å². The molecular formula is C18H26N2O5. The van der Waals surface area contributed by atoms with Gasteiger partial charge in [-0.1, -0.05) is 30.3 Å². The summed E-state index contributed by atoms with van der Waals surface area (Å²) >= 11 is 0. The van der Waals surface area contributed by atoms with E-state index in [1.54, 1.807) is 20.8 Å². The van der Waals surface area contributed by atoms with E-state index in [2.05, 4.69) is 5.48 Å². The van der Waals surface area contributed by atoms with Gasteiger partial charge in [0.05, 0.1) is 12.6 Å². The Kier molecular flexibility index (Phi) is 6.39. The van der Waals surface area contributed by atoms with Crippen molar-refractivity contribution in [2.75, 3.05) is 6.54 Å². The molecule has 1 aliphatic rings. The number of carboxylic acid groups (broad SMARTS) is 1. The second-order valence-electron chi connectivity index (χ2n) is 7.15. The second kappa shape index (κ2) is 8.31. The lowest BCUT2D eigenvalue weighted by molar-refractivity contribution is -0.145. The molecule has 0 spiro atoms. The molecule has 1 fully saturated rings. The van der Waals surface area contributed by atoms with Crippen LogP contribution in [-0.4, -0.2) is 46.3 Å². The number of carboxylic acids is 1. The third-order valence-electron chi connectivity index (χ3n) is 3.83. The Morgan fingerprint density at radius 1 is 1.24 bits per heavy atom. The summed E-state index contributed by atoms with van der Waals surface area (Å²) in [4.78, 5) is 30.6. The molecule has 7 heteroatoms. The van der Waals surface area contributed by atoms with Crippen molar-refractivity contribution in [3.05, 3.63) is 35.9 Å². The molecule has 1 heterocycles. The van der Waals surface area contributed by atoms with Crippen molar-refractivity contribution >= 4 is 12.1 Å². The van der Waals surface area contributed by atoms with Crippen LogP contribution in [0.25, 0.3) is 0 Å². The summed E-state index contributed by atoms with van der Waals surface area (Å²) < 4.78 is 5.33. The predicted octanol–water partition coefficient (Wildman–Crippen LogP) is 2.56. The fraction of sp³-hybridized carbons (Fsp3) is 0.556. The van der Waals surface area contributed by atoms with Crippen molar-refractivity contribution in [2.45, 2.75) is 57.9 Å². The molecule has 2 rings (SSSR count). The Morgan fingerprint density at radius 2 is 1.92 bits per heavy atom. The molecule has 2 N–H and O–H groups in total. The van der Waals surface area contributed by atoms with Crippen LogP contribution in [-0.2, 0) is 21.0 Å². The van der Waals surface area contributed by atoms with Crippen LogP contribution in [0.2, 0.25) is 0 Å². The molecule has 0 aliphatic carbocycles. The summed E-state index contributed by atoms with van der Waals surface area (Å²) in [5.41, 5.74) is 3.28. The monoisotopic (exact) mass is 350 g/mol. The zero-order valence-electron chi connectivity index (χ0n) is 14.9. The maximum Gasteiger partial charge on any atom is 0.411 e. The number of ether oxygens (including phenoxy) is 1. The van der Waals surface area contributed by atoms with Gasteiger partial charge in [-0.25, -0.2) is 9.59 Å². The van der Waals surface area contributed by atoms with Crippen molar-refractivity contribution in [1.82, 2.24) is 10.4 Å². The molecule has 138 valence electrons. The number of benzene rings is 1. The van der Waals surface area contributed by atoms with Gasteiger partial charge in [-0.2, -0.15) is 5.48 Å². The van der Waals surface area contributed by atoms with Gasteiger partial charge >= 0.3 is 12.1 Å². The third-order valence-corrected chi connectivity index (χ3v) is 3.83. The first kappa shape index (κ1) is 19.2. The maximum absolute atomic E-state index is 12.3. The second-order valence-corrected chi connectivity index (χ2v) is 7.15. The highest BCUT2D eigenvalue weighted by molar-refractivity contribution is 5.80. The van der Waals surface area contributed by atoms with Gasteiger partial charge < -0.3 is 9.84 Å². The van der Waals surface area contributed by atoms with E-state index in [0.29, 0.717) is 19.4 Å². The number of amides is 1. The molecule has 1 amide bonds.